The number of likely N-dealkylation sites (tertiary alicyclic amines) is 1. The predicted octanol–water partition coefficient (Wildman–Crippen LogP) is 5.11. The molecule has 1 heterocycles. The second-order valence-corrected chi connectivity index (χ2v) is 9.54. The van der Waals surface area contributed by atoms with Crippen LogP contribution in [0.1, 0.15) is 44.2 Å². The first kappa shape index (κ1) is 25.1. The molecule has 0 bridgehead atoms. The van der Waals surface area contributed by atoms with Gasteiger partial charge in [-0.05, 0) is 62.5 Å². The molecule has 3 rings (SSSR count). The van der Waals surface area contributed by atoms with E-state index in [0.29, 0.717) is 18.4 Å². The van der Waals surface area contributed by atoms with Crippen LogP contribution in [0.4, 0.5) is 0 Å². The molecule has 0 aliphatic carbocycles. The summed E-state index contributed by atoms with van der Waals surface area (Å²) < 4.78 is 10.9. The molecule has 0 aromatic heterocycles. The second kappa shape index (κ2) is 11.5. The van der Waals surface area contributed by atoms with Gasteiger partial charge in [0.2, 0.25) is 0 Å². The van der Waals surface area contributed by atoms with Gasteiger partial charge in [-0.2, -0.15) is 5.26 Å². The summed E-state index contributed by atoms with van der Waals surface area (Å²) in [6.07, 6.45) is 2.76. The molecule has 0 spiro atoms. The lowest BCUT2D eigenvalue weighted by atomic mass is 9.63. The maximum atomic E-state index is 9.26. The molecule has 0 saturated carbocycles. The molecule has 33 heavy (non-hydrogen) atoms. The lowest BCUT2D eigenvalue weighted by Crippen LogP contribution is -2.52. The van der Waals surface area contributed by atoms with E-state index in [1.165, 1.54) is 11.1 Å². The molecule has 5 heteroatoms. The first-order valence-electron chi connectivity index (χ1n) is 12.0. The minimum absolute atomic E-state index is 0.135. The monoisotopic (exact) mass is 449 g/mol. The minimum Gasteiger partial charge on any atom is -0.493 e. The first-order valence-corrected chi connectivity index (χ1v) is 12.0. The smallest absolute Gasteiger partial charge is 0.161 e. The van der Waals surface area contributed by atoms with Gasteiger partial charge in [0.15, 0.2) is 11.5 Å². The molecule has 1 fully saturated rings. The van der Waals surface area contributed by atoms with Gasteiger partial charge in [0.05, 0.1) is 20.3 Å². The molecule has 0 unspecified atom stereocenters. The van der Waals surface area contributed by atoms with Crippen LogP contribution < -0.4 is 9.47 Å². The van der Waals surface area contributed by atoms with Crippen molar-refractivity contribution in [3.8, 4) is 17.6 Å². The number of ether oxygens (including phenoxy) is 2. The van der Waals surface area contributed by atoms with E-state index >= 15 is 0 Å². The zero-order valence-corrected chi connectivity index (χ0v) is 20.9. The fraction of sp³-hybridized carbons (Fsp3) is 0.536. The number of piperidine rings is 1. The SMILES string of the molecule is COc1ccc(CN(CCC#N)CC[C@@]2(c3ccccc3)C[C@@H](C)N(C)C[C@@H]2C)cc1OC. The third-order valence-electron chi connectivity index (χ3n) is 7.53. The van der Waals surface area contributed by atoms with Crippen LogP contribution in [0.15, 0.2) is 48.5 Å². The van der Waals surface area contributed by atoms with E-state index in [2.05, 4.69) is 73.2 Å². The number of nitrogens with zero attached hydrogens (tertiary/aromatic N) is 3. The van der Waals surface area contributed by atoms with Crippen LogP contribution in [0.3, 0.4) is 0 Å². The van der Waals surface area contributed by atoms with Crippen LogP contribution in [0.5, 0.6) is 11.5 Å². The fourth-order valence-electron chi connectivity index (χ4n) is 5.41. The average Bonchev–Trinajstić information content (AvgIpc) is 2.84. The van der Waals surface area contributed by atoms with Crippen molar-refractivity contribution in [1.29, 1.82) is 5.26 Å². The molecular weight excluding hydrogens is 410 g/mol. The van der Waals surface area contributed by atoms with Crippen molar-refractivity contribution in [2.75, 3.05) is 40.9 Å². The summed E-state index contributed by atoms with van der Waals surface area (Å²) >= 11 is 0. The van der Waals surface area contributed by atoms with Gasteiger partial charge >= 0.3 is 0 Å². The van der Waals surface area contributed by atoms with Gasteiger partial charge in [0.25, 0.3) is 0 Å². The Morgan fingerprint density at radius 1 is 1.06 bits per heavy atom. The first-order chi connectivity index (χ1) is 15.9. The summed E-state index contributed by atoms with van der Waals surface area (Å²) in [5.74, 6) is 2.04. The normalized spacial score (nSPS) is 23.3. The molecule has 0 N–H and O–H groups in total. The number of nitriles is 1. The maximum absolute atomic E-state index is 9.26. The van der Waals surface area contributed by atoms with Gasteiger partial charge < -0.3 is 14.4 Å². The largest absolute Gasteiger partial charge is 0.493 e. The number of hydrogen-bond acceptors (Lipinski definition) is 5. The highest BCUT2D eigenvalue weighted by Gasteiger charge is 2.43. The standard InChI is InChI=1S/C28H39N3O2/c1-22-20-30(3)23(2)19-28(22,25-10-7-6-8-11-25)14-17-31(16-9-15-29)21-24-12-13-26(32-4)27(18-24)33-5/h6-8,10-13,18,22-23H,9,14,16-17,19-21H2,1-5H3/t22-,23+,28+/m0/s1. The van der Waals surface area contributed by atoms with Gasteiger partial charge in [-0.15, -0.1) is 0 Å². The quantitative estimate of drug-likeness (QED) is 0.505. The van der Waals surface area contributed by atoms with Crippen LogP contribution in [-0.4, -0.2) is 56.7 Å². The zero-order valence-electron chi connectivity index (χ0n) is 20.9. The summed E-state index contributed by atoms with van der Waals surface area (Å²) in [7, 11) is 5.57. The predicted molar refractivity (Wildman–Crippen MR) is 134 cm³/mol. The third-order valence-corrected chi connectivity index (χ3v) is 7.53. The fourth-order valence-corrected chi connectivity index (χ4v) is 5.41. The highest BCUT2D eigenvalue weighted by molar-refractivity contribution is 5.42. The highest BCUT2D eigenvalue weighted by atomic mass is 16.5. The molecule has 3 atom stereocenters. The lowest BCUT2D eigenvalue weighted by molar-refractivity contribution is 0.0602. The van der Waals surface area contributed by atoms with Gasteiger partial charge in [0, 0.05) is 37.5 Å². The minimum atomic E-state index is 0.135. The second-order valence-electron chi connectivity index (χ2n) is 9.54. The summed E-state index contributed by atoms with van der Waals surface area (Å²) in [5, 5.41) is 9.26. The topological polar surface area (TPSA) is 48.7 Å². The number of rotatable bonds is 10. The van der Waals surface area contributed by atoms with E-state index in [1.54, 1.807) is 14.2 Å². The molecule has 2 aromatic rings. The third kappa shape index (κ3) is 5.88. The molecule has 1 aliphatic rings. The molecule has 0 amide bonds. The van der Waals surface area contributed by atoms with Crippen LogP contribution in [0.2, 0.25) is 0 Å². The molecule has 1 saturated heterocycles. The Labute approximate surface area is 199 Å². The van der Waals surface area contributed by atoms with E-state index in [1.807, 2.05) is 12.1 Å². The van der Waals surface area contributed by atoms with E-state index < -0.39 is 0 Å². The summed E-state index contributed by atoms with van der Waals surface area (Å²) in [4.78, 5) is 4.91. The van der Waals surface area contributed by atoms with E-state index in [4.69, 9.17) is 9.47 Å². The average molecular weight is 450 g/mol. The van der Waals surface area contributed by atoms with Crippen molar-refractivity contribution >= 4 is 0 Å². The van der Waals surface area contributed by atoms with Crippen LogP contribution in [0.25, 0.3) is 0 Å². The van der Waals surface area contributed by atoms with Gasteiger partial charge in [-0.1, -0.05) is 43.3 Å². The Kier molecular flexibility index (Phi) is 8.77. The van der Waals surface area contributed by atoms with E-state index in [-0.39, 0.29) is 5.41 Å². The highest BCUT2D eigenvalue weighted by Crippen LogP contribution is 2.44. The molecule has 5 nitrogen and oxygen atoms in total. The van der Waals surface area contributed by atoms with Crippen molar-refractivity contribution in [1.82, 2.24) is 9.80 Å². The Morgan fingerprint density at radius 3 is 2.45 bits per heavy atom. The van der Waals surface area contributed by atoms with Crippen molar-refractivity contribution in [3.05, 3.63) is 59.7 Å². The van der Waals surface area contributed by atoms with E-state index in [0.717, 1.165) is 50.5 Å². The molecular formula is C28H39N3O2. The van der Waals surface area contributed by atoms with Crippen molar-refractivity contribution in [2.24, 2.45) is 5.92 Å². The summed E-state index contributed by atoms with van der Waals surface area (Å²) in [6, 6.07) is 20.0. The Bertz CT molecular complexity index is 926. The molecule has 0 radical (unpaired) electrons. The van der Waals surface area contributed by atoms with Crippen molar-refractivity contribution in [2.45, 2.75) is 51.1 Å². The van der Waals surface area contributed by atoms with Crippen molar-refractivity contribution < 1.29 is 9.47 Å². The Hall–Kier alpha value is -2.55. The molecule has 2 aromatic carbocycles. The maximum Gasteiger partial charge on any atom is 0.161 e. The van der Waals surface area contributed by atoms with Gasteiger partial charge in [-0.3, -0.25) is 4.90 Å². The molecule has 178 valence electrons. The van der Waals surface area contributed by atoms with E-state index in [9.17, 15) is 5.26 Å². The zero-order chi connectivity index (χ0) is 23.8. The van der Waals surface area contributed by atoms with Crippen LogP contribution >= 0.6 is 0 Å². The van der Waals surface area contributed by atoms with Crippen LogP contribution in [0, 0.1) is 17.2 Å². The van der Waals surface area contributed by atoms with Gasteiger partial charge in [0.1, 0.15) is 0 Å². The summed E-state index contributed by atoms with van der Waals surface area (Å²) in [5.41, 5.74) is 2.75. The number of methoxy groups -OCH3 is 2. The van der Waals surface area contributed by atoms with Gasteiger partial charge in [-0.25, -0.2) is 0 Å². The number of benzene rings is 2. The Balaban J connectivity index is 1.83. The summed E-state index contributed by atoms with van der Waals surface area (Å²) in [6.45, 7) is 8.36. The lowest BCUT2D eigenvalue weighted by Gasteiger charge is -2.50. The Morgan fingerprint density at radius 2 is 1.79 bits per heavy atom. The van der Waals surface area contributed by atoms with Crippen molar-refractivity contribution in [3.63, 3.8) is 0 Å². The molecule has 1 aliphatic heterocycles. The van der Waals surface area contributed by atoms with Crippen LogP contribution in [-0.2, 0) is 12.0 Å². The number of hydrogen-bond donors (Lipinski definition) is 0.